The monoisotopic (exact) mass is 272 g/mol. The van der Waals surface area contributed by atoms with Crippen molar-refractivity contribution in [1.82, 2.24) is 0 Å². The summed E-state index contributed by atoms with van der Waals surface area (Å²) in [6, 6.07) is 0. The summed E-state index contributed by atoms with van der Waals surface area (Å²) < 4.78 is 0. The highest BCUT2D eigenvalue weighted by molar-refractivity contribution is 6.94. The van der Waals surface area contributed by atoms with E-state index in [1.54, 1.807) is 36.0 Å². The lowest BCUT2D eigenvalue weighted by molar-refractivity contribution is 0.440. The molecule has 0 amide bonds. The minimum Gasteiger partial charge on any atom is -0.0684 e. The average Bonchev–Trinajstić information content (AvgIpc) is 2.77. The van der Waals surface area contributed by atoms with E-state index in [-0.39, 0.29) is 0 Å². The van der Waals surface area contributed by atoms with Gasteiger partial charge in [-0.1, -0.05) is 37.6 Å². The molecule has 2 bridgehead atoms. The lowest BCUT2D eigenvalue weighted by Crippen LogP contribution is -2.24. The minimum absolute atomic E-state index is 0.735. The highest BCUT2D eigenvalue weighted by Crippen LogP contribution is 2.91. The van der Waals surface area contributed by atoms with Crippen molar-refractivity contribution in [1.29, 1.82) is 0 Å². The highest BCUT2D eigenvalue weighted by atomic mass is 28.3. The third-order valence-electron chi connectivity index (χ3n) is 7.93. The molecule has 19 heavy (non-hydrogen) atoms. The SMILES string of the molecule is CC1=C(C)C(C)C(C23C4CCC(C4)C2[Si]3(C)C)=C1C. The second-order valence-corrected chi connectivity index (χ2v) is 13.3. The molecule has 0 aromatic rings. The Kier molecular flexibility index (Phi) is 2.16. The van der Waals surface area contributed by atoms with Gasteiger partial charge in [0.05, 0.1) is 8.07 Å². The molecular weight excluding hydrogens is 244 g/mol. The zero-order valence-electron chi connectivity index (χ0n) is 13.4. The highest BCUT2D eigenvalue weighted by Gasteiger charge is 2.83. The molecule has 3 aliphatic carbocycles. The predicted molar refractivity (Wildman–Crippen MR) is 85.0 cm³/mol. The fourth-order valence-corrected chi connectivity index (χ4v) is 14.1. The van der Waals surface area contributed by atoms with Crippen LogP contribution in [0.25, 0.3) is 0 Å². The van der Waals surface area contributed by atoms with E-state index < -0.39 is 8.07 Å². The minimum atomic E-state index is -1.01. The topological polar surface area (TPSA) is 0 Å². The fourth-order valence-electron chi connectivity index (χ4n) is 7.08. The molecule has 0 spiro atoms. The van der Waals surface area contributed by atoms with Crippen LogP contribution >= 0.6 is 0 Å². The van der Waals surface area contributed by atoms with Crippen LogP contribution in [0.2, 0.25) is 23.7 Å². The normalized spacial score (nSPS) is 50.2. The largest absolute Gasteiger partial charge is 0.0684 e. The van der Waals surface area contributed by atoms with E-state index in [4.69, 9.17) is 0 Å². The summed E-state index contributed by atoms with van der Waals surface area (Å²) in [6.07, 6.45) is 4.67. The van der Waals surface area contributed by atoms with Crippen LogP contribution in [0.15, 0.2) is 22.3 Å². The maximum absolute atomic E-state index is 2.71. The number of rotatable bonds is 1. The molecule has 3 fully saturated rings. The van der Waals surface area contributed by atoms with Gasteiger partial charge >= 0.3 is 0 Å². The van der Waals surface area contributed by atoms with E-state index >= 15 is 0 Å². The van der Waals surface area contributed by atoms with Crippen LogP contribution in [0.5, 0.6) is 0 Å². The third-order valence-corrected chi connectivity index (χ3v) is 13.2. The van der Waals surface area contributed by atoms with Gasteiger partial charge in [0.15, 0.2) is 0 Å². The molecule has 0 aromatic heterocycles. The molecule has 4 aliphatic rings. The van der Waals surface area contributed by atoms with Crippen LogP contribution in [0.4, 0.5) is 0 Å². The number of hydrogen-bond acceptors (Lipinski definition) is 0. The van der Waals surface area contributed by atoms with Crippen LogP contribution in [0, 0.1) is 17.8 Å². The summed E-state index contributed by atoms with van der Waals surface area (Å²) in [5.74, 6) is 2.92. The second kappa shape index (κ2) is 3.29. The van der Waals surface area contributed by atoms with Crippen LogP contribution < -0.4 is 0 Å². The van der Waals surface area contributed by atoms with Gasteiger partial charge in [0.2, 0.25) is 0 Å². The van der Waals surface area contributed by atoms with Crippen molar-refractivity contribution in [2.45, 2.75) is 70.6 Å². The first kappa shape index (κ1) is 12.4. The van der Waals surface area contributed by atoms with E-state index in [1.165, 1.54) is 0 Å². The van der Waals surface area contributed by atoms with E-state index in [1.807, 2.05) is 5.57 Å². The molecular formula is C18H28Si. The number of fused-ring (bicyclic) bond motifs is 5. The smallest absolute Gasteiger partial charge is 0.0626 e. The van der Waals surface area contributed by atoms with Gasteiger partial charge < -0.3 is 0 Å². The molecule has 0 nitrogen and oxygen atoms in total. The molecule has 2 saturated carbocycles. The first-order chi connectivity index (χ1) is 8.85. The van der Waals surface area contributed by atoms with Crippen LogP contribution in [-0.2, 0) is 0 Å². The fraction of sp³-hybridized carbons (Fsp3) is 0.778. The van der Waals surface area contributed by atoms with E-state index in [9.17, 15) is 0 Å². The molecule has 1 saturated heterocycles. The van der Waals surface area contributed by atoms with Gasteiger partial charge in [-0.3, -0.25) is 0 Å². The summed E-state index contributed by atoms with van der Waals surface area (Å²) in [5.41, 5.74) is 8.05. The molecule has 5 atom stereocenters. The van der Waals surface area contributed by atoms with E-state index in [2.05, 4.69) is 40.8 Å². The maximum Gasteiger partial charge on any atom is 0.0626 e. The Labute approximate surface area is 119 Å². The number of allylic oxidation sites excluding steroid dienone is 4. The first-order valence-corrected chi connectivity index (χ1v) is 11.3. The molecule has 1 aliphatic heterocycles. The summed E-state index contributed by atoms with van der Waals surface area (Å²) in [7, 11) is -1.01. The Morgan fingerprint density at radius 2 is 1.74 bits per heavy atom. The van der Waals surface area contributed by atoms with Gasteiger partial charge in [-0.25, -0.2) is 0 Å². The Hall–Kier alpha value is -0.303. The first-order valence-electron chi connectivity index (χ1n) is 8.24. The van der Waals surface area contributed by atoms with Crippen LogP contribution in [0.1, 0.15) is 47.0 Å². The Bertz CT molecular complexity index is 536. The average molecular weight is 273 g/mol. The summed E-state index contributed by atoms with van der Waals surface area (Å²) in [5, 5.41) is 0.735. The van der Waals surface area contributed by atoms with Crippen LogP contribution in [-0.4, -0.2) is 8.07 Å². The number of hydrogen-bond donors (Lipinski definition) is 0. The maximum atomic E-state index is 2.71. The molecule has 0 N–H and O–H groups in total. The summed E-state index contributed by atoms with van der Waals surface area (Å²) in [6.45, 7) is 15.1. The van der Waals surface area contributed by atoms with Crippen molar-refractivity contribution in [2.75, 3.05) is 0 Å². The zero-order chi connectivity index (χ0) is 13.7. The molecule has 4 rings (SSSR count). The zero-order valence-corrected chi connectivity index (χ0v) is 14.4. The molecule has 0 aromatic carbocycles. The second-order valence-electron chi connectivity index (χ2n) is 8.41. The molecule has 0 radical (unpaired) electrons. The molecule has 1 heteroatoms. The van der Waals surface area contributed by atoms with E-state index in [0.717, 1.165) is 28.3 Å². The van der Waals surface area contributed by atoms with E-state index in [0.29, 0.717) is 0 Å². The Balaban J connectivity index is 1.87. The summed E-state index contributed by atoms with van der Waals surface area (Å²) in [4.78, 5) is 0. The van der Waals surface area contributed by atoms with Crippen molar-refractivity contribution in [3.63, 3.8) is 0 Å². The van der Waals surface area contributed by atoms with Crippen molar-refractivity contribution in [2.24, 2.45) is 17.8 Å². The summed E-state index contributed by atoms with van der Waals surface area (Å²) >= 11 is 0. The lowest BCUT2D eigenvalue weighted by Gasteiger charge is -2.32. The molecule has 104 valence electrons. The predicted octanol–water partition coefficient (Wildman–Crippen LogP) is 5.55. The van der Waals surface area contributed by atoms with Crippen molar-refractivity contribution in [3.05, 3.63) is 22.3 Å². The standard InChI is InChI=1S/C18H28Si/c1-10-11(2)13(4)16(12(10)3)18-15-8-7-14(9-15)17(18)19(18,5)6/h12,14-15,17H,7-9H2,1-6H3. The lowest BCUT2D eigenvalue weighted by atomic mass is 9.77. The van der Waals surface area contributed by atoms with Gasteiger partial charge in [-0.15, -0.1) is 0 Å². The molecule has 1 heterocycles. The van der Waals surface area contributed by atoms with Crippen molar-refractivity contribution in [3.8, 4) is 0 Å². The van der Waals surface area contributed by atoms with Gasteiger partial charge in [-0.05, 0) is 73.1 Å². The van der Waals surface area contributed by atoms with Crippen LogP contribution in [0.3, 0.4) is 0 Å². The Morgan fingerprint density at radius 1 is 1.05 bits per heavy atom. The van der Waals surface area contributed by atoms with Crippen molar-refractivity contribution < 1.29 is 0 Å². The quantitative estimate of drug-likeness (QED) is 0.549. The van der Waals surface area contributed by atoms with Gasteiger partial charge in [0.1, 0.15) is 0 Å². The third kappa shape index (κ3) is 1.07. The Morgan fingerprint density at radius 3 is 2.26 bits per heavy atom. The molecule has 5 unspecified atom stereocenters. The van der Waals surface area contributed by atoms with Crippen molar-refractivity contribution >= 4 is 8.07 Å². The van der Waals surface area contributed by atoms with Gasteiger partial charge in [0.25, 0.3) is 0 Å². The van der Waals surface area contributed by atoms with Gasteiger partial charge in [0, 0.05) is 0 Å². The van der Waals surface area contributed by atoms with Gasteiger partial charge in [-0.2, -0.15) is 0 Å².